The van der Waals surface area contributed by atoms with Crippen LogP contribution in [0.5, 0.6) is 0 Å². The lowest BCUT2D eigenvalue weighted by atomic mass is 10.1. The largest absolute Gasteiger partial charge is 0.311 e. The lowest BCUT2D eigenvalue weighted by Gasteiger charge is -2.20. The number of hydrogen-bond donors (Lipinski definition) is 1. The maximum Gasteiger partial charge on any atom is 0.239 e. The van der Waals surface area contributed by atoms with Crippen molar-refractivity contribution in [2.75, 3.05) is 16.7 Å². The third-order valence-corrected chi connectivity index (χ3v) is 6.19. The van der Waals surface area contributed by atoms with Gasteiger partial charge in [0.1, 0.15) is 5.82 Å². The fourth-order valence-corrected chi connectivity index (χ4v) is 4.16. The Morgan fingerprint density at radius 1 is 1.07 bits per heavy atom. The van der Waals surface area contributed by atoms with E-state index in [9.17, 15) is 13.2 Å². The molecule has 0 bridgehead atoms. The van der Waals surface area contributed by atoms with Crippen molar-refractivity contribution in [3.63, 3.8) is 0 Å². The number of pyridine rings is 2. The van der Waals surface area contributed by atoms with Gasteiger partial charge < -0.3 is 5.32 Å². The number of hydrogen-bond acceptors (Lipinski definition) is 5. The van der Waals surface area contributed by atoms with E-state index in [4.69, 9.17) is 0 Å². The Bertz CT molecular complexity index is 1130. The number of carbonyl (C=O) groups excluding carboxylic acids is 1. The first kappa shape index (κ1) is 20.5. The van der Waals surface area contributed by atoms with Crippen LogP contribution < -0.4 is 9.62 Å². The molecule has 8 heteroatoms. The minimum atomic E-state index is -3.59. The molecule has 150 valence electrons. The van der Waals surface area contributed by atoms with Crippen molar-refractivity contribution >= 4 is 27.4 Å². The average Bonchev–Trinajstić information content (AvgIpc) is 2.69. The summed E-state index contributed by atoms with van der Waals surface area (Å²) in [5.74, 6) is 0.0373. The average molecular weight is 410 g/mol. The lowest BCUT2D eigenvalue weighted by molar-refractivity contribution is -0.114. The van der Waals surface area contributed by atoms with E-state index >= 15 is 0 Å². The molecule has 0 aliphatic carbocycles. The summed E-state index contributed by atoms with van der Waals surface area (Å²) >= 11 is 0. The van der Waals surface area contributed by atoms with E-state index in [2.05, 4.69) is 15.3 Å². The van der Waals surface area contributed by atoms with Crippen molar-refractivity contribution in [1.82, 2.24) is 9.97 Å². The molecule has 0 fully saturated rings. The molecule has 1 amide bonds. The highest BCUT2D eigenvalue weighted by Crippen LogP contribution is 2.25. The molecule has 1 aromatic carbocycles. The number of sulfonamides is 1. The first-order valence-electron chi connectivity index (χ1n) is 8.97. The Morgan fingerprint density at radius 3 is 2.48 bits per heavy atom. The monoisotopic (exact) mass is 410 g/mol. The van der Waals surface area contributed by atoms with E-state index in [-0.39, 0.29) is 11.7 Å². The molecule has 2 heterocycles. The van der Waals surface area contributed by atoms with Crippen LogP contribution in [0.1, 0.15) is 18.2 Å². The van der Waals surface area contributed by atoms with Gasteiger partial charge in [-0.3, -0.25) is 14.1 Å². The molecule has 0 atom stereocenters. The van der Waals surface area contributed by atoms with Crippen LogP contribution in [0, 0.1) is 6.92 Å². The van der Waals surface area contributed by atoms with Gasteiger partial charge in [-0.2, -0.15) is 0 Å². The molecule has 0 spiro atoms. The van der Waals surface area contributed by atoms with Crippen LogP contribution in [-0.4, -0.2) is 31.3 Å². The second-order valence-corrected chi connectivity index (χ2v) is 8.64. The molecular weight excluding hydrogens is 388 g/mol. The molecule has 0 unspecified atom stereocenters. The topological polar surface area (TPSA) is 92.3 Å². The van der Waals surface area contributed by atoms with Crippen LogP contribution in [0.15, 0.2) is 60.9 Å². The van der Waals surface area contributed by atoms with Gasteiger partial charge in [0.15, 0.2) is 0 Å². The predicted octanol–water partition coefficient (Wildman–Crippen LogP) is 3.38. The smallest absolute Gasteiger partial charge is 0.239 e. The summed E-state index contributed by atoms with van der Waals surface area (Å²) < 4.78 is 27.1. The van der Waals surface area contributed by atoms with E-state index in [0.29, 0.717) is 22.8 Å². The predicted molar refractivity (Wildman–Crippen MR) is 114 cm³/mol. The van der Waals surface area contributed by atoms with Gasteiger partial charge in [0.25, 0.3) is 0 Å². The van der Waals surface area contributed by atoms with Crippen LogP contribution in [0.3, 0.4) is 0 Å². The standard InChI is InChI=1S/C21H22N4O3S/c1-15-19(14-29(27,28)25(3)20-7-5-4-6-8-20)11-18(13-23-15)17-9-10-22-21(12-17)24-16(2)26/h4-13H,14H2,1-3H3,(H,22,24,26). The van der Waals surface area contributed by atoms with Crippen molar-refractivity contribution < 1.29 is 13.2 Å². The second kappa shape index (κ2) is 8.40. The molecule has 2 aromatic heterocycles. The van der Waals surface area contributed by atoms with Crippen molar-refractivity contribution in [3.8, 4) is 11.1 Å². The van der Waals surface area contributed by atoms with E-state index in [1.165, 1.54) is 11.2 Å². The van der Waals surface area contributed by atoms with Crippen LogP contribution in [0.25, 0.3) is 11.1 Å². The zero-order valence-electron chi connectivity index (χ0n) is 16.5. The minimum absolute atomic E-state index is 0.172. The van der Waals surface area contributed by atoms with E-state index in [1.807, 2.05) is 12.1 Å². The number of aromatic nitrogens is 2. The number of rotatable bonds is 6. The second-order valence-electron chi connectivity index (χ2n) is 6.64. The highest BCUT2D eigenvalue weighted by molar-refractivity contribution is 7.92. The molecule has 0 radical (unpaired) electrons. The Hall–Kier alpha value is -3.26. The number of aryl methyl sites for hydroxylation is 1. The molecule has 3 rings (SSSR count). The van der Waals surface area contributed by atoms with Crippen molar-refractivity contribution in [1.29, 1.82) is 0 Å². The normalized spacial score (nSPS) is 11.1. The third kappa shape index (κ3) is 4.97. The summed E-state index contributed by atoms with van der Waals surface area (Å²) in [4.78, 5) is 19.7. The van der Waals surface area contributed by atoms with Crippen molar-refractivity contribution in [2.45, 2.75) is 19.6 Å². The number of carbonyl (C=O) groups is 1. The van der Waals surface area contributed by atoms with Crippen LogP contribution in [0.4, 0.5) is 11.5 Å². The molecule has 0 saturated heterocycles. The van der Waals surface area contributed by atoms with Gasteiger partial charge in [-0.15, -0.1) is 0 Å². The molecule has 1 N–H and O–H groups in total. The van der Waals surface area contributed by atoms with Crippen molar-refractivity contribution in [3.05, 3.63) is 72.2 Å². The van der Waals surface area contributed by atoms with Crippen LogP contribution >= 0.6 is 0 Å². The Morgan fingerprint density at radius 2 is 1.79 bits per heavy atom. The zero-order chi connectivity index (χ0) is 21.0. The molecule has 0 aliphatic rings. The number of amides is 1. The summed E-state index contributed by atoms with van der Waals surface area (Å²) in [6.45, 7) is 3.19. The van der Waals surface area contributed by atoms with Gasteiger partial charge >= 0.3 is 0 Å². The van der Waals surface area contributed by atoms with Gasteiger partial charge in [0, 0.05) is 37.6 Å². The molecule has 29 heavy (non-hydrogen) atoms. The number of anilines is 2. The molecule has 0 aliphatic heterocycles. The molecular formula is C21H22N4O3S. The Balaban J connectivity index is 1.91. The Labute approximate surface area is 170 Å². The number of nitrogens with zero attached hydrogens (tertiary/aromatic N) is 3. The summed E-state index contributed by atoms with van der Waals surface area (Å²) in [6.07, 6.45) is 3.26. The van der Waals surface area contributed by atoms with Gasteiger partial charge in [-0.05, 0) is 48.4 Å². The van der Waals surface area contributed by atoms with Crippen LogP contribution in [0.2, 0.25) is 0 Å². The maximum absolute atomic E-state index is 12.9. The highest BCUT2D eigenvalue weighted by Gasteiger charge is 2.21. The molecule has 7 nitrogen and oxygen atoms in total. The summed E-state index contributed by atoms with van der Waals surface area (Å²) in [5, 5.41) is 2.64. The van der Waals surface area contributed by atoms with Gasteiger partial charge in [0.05, 0.1) is 11.4 Å². The third-order valence-electron chi connectivity index (χ3n) is 4.46. The fraction of sp³-hybridized carbons (Fsp3) is 0.190. The quantitative estimate of drug-likeness (QED) is 0.673. The maximum atomic E-state index is 12.9. The zero-order valence-corrected chi connectivity index (χ0v) is 17.3. The minimum Gasteiger partial charge on any atom is -0.311 e. The van der Waals surface area contributed by atoms with Crippen LogP contribution in [-0.2, 0) is 20.6 Å². The first-order valence-corrected chi connectivity index (χ1v) is 10.6. The van der Waals surface area contributed by atoms with Gasteiger partial charge in [-0.25, -0.2) is 13.4 Å². The molecule has 0 saturated carbocycles. The van der Waals surface area contributed by atoms with E-state index in [1.54, 1.807) is 62.8 Å². The van der Waals surface area contributed by atoms with E-state index < -0.39 is 10.0 Å². The number of para-hydroxylation sites is 1. The van der Waals surface area contributed by atoms with Crippen molar-refractivity contribution in [2.24, 2.45) is 0 Å². The summed E-state index contributed by atoms with van der Waals surface area (Å²) in [6, 6.07) is 14.3. The van der Waals surface area contributed by atoms with Gasteiger partial charge in [-0.1, -0.05) is 18.2 Å². The number of nitrogens with one attached hydrogen (secondary N) is 1. The SMILES string of the molecule is CC(=O)Nc1cc(-c2cnc(C)c(CS(=O)(=O)N(C)c3ccccc3)c2)ccn1. The first-order chi connectivity index (χ1) is 13.8. The highest BCUT2D eigenvalue weighted by atomic mass is 32.2. The fourth-order valence-electron chi connectivity index (χ4n) is 2.83. The molecule has 3 aromatic rings. The van der Waals surface area contributed by atoms with E-state index in [0.717, 1.165) is 11.1 Å². The lowest BCUT2D eigenvalue weighted by Crippen LogP contribution is -2.28. The number of benzene rings is 1. The van der Waals surface area contributed by atoms with Gasteiger partial charge in [0.2, 0.25) is 15.9 Å². The summed E-state index contributed by atoms with van der Waals surface area (Å²) in [5.41, 5.74) is 3.39. The Kier molecular flexibility index (Phi) is 5.93. The summed E-state index contributed by atoms with van der Waals surface area (Å²) in [7, 11) is -2.05.